The van der Waals surface area contributed by atoms with E-state index in [-0.39, 0.29) is 17.6 Å². The number of aromatic nitrogens is 2. The maximum Gasteiger partial charge on any atom is 0.259 e. The van der Waals surface area contributed by atoms with E-state index in [2.05, 4.69) is 22.0 Å². The molecule has 0 radical (unpaired) electrons. The number of hydrogen-bond donors (Lipinski definition) is 1. The van der Waals surface area contributed by atoms with Crippen molar-refractivity contribution >= 4 is 34.2 Å². The summed E-state index contributed by atoms with van der Waals surface area (Å²) in [4.78, 5) is 36.5. The summed E-state index contributed by atoms with van der Waals surface area (Å²) in [5, 5.41) is 8.05. The van der Waals surface area contributed by atoms with Gasteiger partial charge in [0.2, 0.25) is 0 Å². The zero-order valence-electron chi connectivity index (χ0n) is 23.7. The van der Waals surface area contributed by atoms with Gasteiger partial charge < -0.3 is 14.6 Å². The molecular formula is C31H40FN5O3. The van der Waals surface area contributed by atoms with E-state index in [1.807, 2.05) is 13.0 Å². The summed E-state index contributed by atoms with van der Waals surface area (Å²) in [6.07, 6.45) is 10.4. The molecule has 2 amide bonds. The van der Waals surface area contributed by atoms with E-state index in [0.717, 1.165) is 48.4 Å². The maximum absolute atomic E-state index is 14.2. The van der Waals surface area contributed by atoms with Crippen LogP contribution in [0.25, 0.3) is 10.9 Å². The van der Waals surface area contributed by atoms with Crippen LogP contribution in [0.3, 0.4) is 0 Å². The molecule has 3 heterocycles. The monoisotopic (exact) mass is 549 g/mol. The fourth-order valence-corrected chi connectivity index (χ4v) is 5.90. The maximum atomic E-state index is 14.2. The molecule has 1 aromatic heterocycles. The minimum atomic E-state index is -0.324. The van der Waals surface area contributed by atoms with Gasteiger partial charge in [0, 0.05) is 43.3 Å². The Morgan fingerprint density at radius 2 is 1.57 bits per heavy atom. The van der Waals surface area contributed by atoms with E-state index in [0.29, 0.717) is 42.8 Å². The minimum Gasteiger partial charge on any atom is -0.396 e. The normalized spacial score (nSPS) is 15.2. The summed E-state index contributed by atoms with van der Waals surface area (Å²) < 4.78 is 14.2. The van der Waals surface area contributed by atoms with Gasteiger partial charge in [-0.2, -0.15) is 0 Å². The summed E-state index contributed by atoms with van der Waals surface area (Å²) in [6, 6.07) is 8.44. The molecule has 0 spiro atoms. The number of nitrogens with zero attached hydrogens (tertiary/aromatic N) is 4. The van der Waals surface area contributed by atoms with Gasteiger partial charge in [-0.05, 0) is 49.1 Å². The Labute approximate surface area is 235 Å². The van der Waals surface area contributed by atoms with Crippen LogP contribution in [0, 0.1) is 5.82 Å². The standard InChI is InChI=1S/C31H40FN5O3/c1-3-5-6-7-8-9-10-11-20-40-37-27-21-22(32)12-13-24(27)29(34-37)36-18-16-35(17-19-36)26-15-14-25-28(23(26)4-2)31(39)33-30(25)38/h12-15,21H,3-11,16-20H2,1-2H3,(H,33,38,39). The molecular weight excluding hydrogens is 509 g/mol. The number of amides is 2. The molecule has 3 aromatic rings. The second-order valence-corrected chi connectivity index (χ2v) is 10.8. The predicted molar refractivity (Wildman–Crippen MR) is 156 cm³/mol. The Kier molecular flexibility index (Phi) is 8.87. The molecule has 1 fully saturated rings. The highest BCUT2D eigenvalue weighted by Gasteiger charge is 2.32. The van der Waals surface area contributed by atoms with Gasteiger partial charge in [0.25, 0.3) is 11.8 Å². The zero-order chi connectivity index (χ0) is 28.1. The summed E-state index contributed by atoms with van der Waals surface area (Å²) in [5.74, 6) is -0.157. The molecule has 0 aliphatic carbocycles. The molecule has 2 aromatic carbocycles. The first-order valence-corrected chi connectivity index (χ1v) is 14.8. The van der Waals surface area contributed by atoms with Crippen molar-refractivity contribution in [1.82, 2.24) is 15.3 Å². The Morgan fingerprint density at radius 3 is 2.30 bits per heavy atom. The Morgan fingerprint density at radius 1 is 0.875 bits per heavy atom. The van der Waals surface area contributed by atoms with E-state index in [1.54, 1.807) is 12.1 Å². The van der Waals surface area contributed by atoms with Gasteiger partial charge in [-0.15, -0.1) is 5.10 Å². The number of nitrogens with one attached hydrogen (secondary N) is 1. The fourth-order valence-electron chi connectivity index (χ4n) is 5.90. The van der Waals surface area contributed by atoms with Crippen molar-refractivity contribution in [1.29, 1.82) is 0 Å². The number of rotatable bonds is 13. The molecule has 0 bridgehead atoms. The summed E-state index contributed by atoms with van der Waals surface area (Å²) in [6.45, 7) is 7.68. The molecule has 0 atom stereocenters. The summed E-state index contributed by atoms with van der Waals surface area (Å²) in [5.41, 5.74) is 3.51. The van der Waals surface area contributed by atoms with Gasteiger partial charge >= 0.3 is 0 Å². The van der Waals surface area contributed by atoms with Crippen LogP contribution in [-0.2, 0) is 6.42 Å². The first-order chi connectivity index (χ1) is 19.5. The number of fused-ring (bicyclic) bond motifs is 2. The van der Waals surface area contributed by atoms with Gasteiger partial charge in [0.05, 0.1) is 11.1 Å². The zero-order valence-corrected chi connectivity index (χ0v) is 23.7. The largest absolute Gasteiger partial charge is 0.396 e. The highest BCUT2D eigenvalue weighted by Crippen LogP contribution is 2.32. The topological polar surface area (TPSA) is 79.7 Å². The molecule has 40 heavy (non-hydrogen) atoms. The van der Waals surface area contributed by atoms with Gasteiger partial charge in [-0.1, -0.05) is 57.2 Å². The van der Waals surface area contributed by atoms with Crippen LogP contribution in [0.4, 0.5) is 15.9 Å². The lowest BCUT2D eigenvalue weighted by Gasteiger charge is -2.37. The first kappa shape index (κ1) is 27.9. The van der Waals surface area contributed by atoms with Gasteiger partial charge in [0.1, 0.15) is 17.9 Å². The number of unbranched alkanes of at least 4 members (excludes halogenated alkanes) is 7. The van der Waals surface area contributed by atoms with E-state index in [4.69, 9.17) is 9.94 Å². The molecule has 2 aliphatic rings. The highest BCUT2D eigenvalue weighted by molar-refractivity contribution is 6.22. The van der Waals surface area contributed by atoms with Crippen molar-refractivity contribution in [2.75, 3.05) is 42.6 Å². The van der Waals surface area contributed by atoms with Gasteiger partial charge in [-0.3, -0.25) is 14.9 Å². The predicted octanol–water partition coefficient (Wildman–Crippen LogP) is 5.52. The van der Waals surface area contributed by atoms with Crippen molar-refractivity contribution in [2.24, 2.45) is 0 Å². The van der Waals surface area contributed by atoms with E-state index >= 15 is 0 Å². The SMILES string of the molecule is CCCCCCCCCCOn1nc(N2CCN(c3ccc4c(c3CC)C(=O)NC4=O)CC2)c2ccc(F)cc21. The molecule has 1 saturated heterocycles. The second kappa shape index (κ2) is 12.7. The van der Waals surface area contributed by atoms with Crippen LogP contribution in [0.2, 0.25) is 0 Å². The smallest absolute Gasteiger partial charge is 0.259 e. The van der Waals surface area contributed by atoms with E-state index < -0.39 is 0 Å². The summed E-state index contributed by atoms with van der Waals surface area (Å²) in [7, 11) is 0. The third-order valence-corrected chi connectivity index (χ3v) is 8.06. The molecule has 2 aliphatic heterocycles. The average molecular weight is 550 g/mol. The van der Waals surface area contributed by atoms with Crippen LogP contribution in [-0.4, -0.2) is 54.5 Å². The number of carbonyl (C=O) groups is 2. The van der Waals surface area contributed by atoms with Crippen LogP contribution in [0.5, 0.6) is 0 Å². The van der Waals surface area contributed by atoms with Crippen LogP contribution < -0.4 is 20.0 Å². The Hall–Kier alpha value is -3.62. The number of imide groups is 1. The number of halogens is 1. The number of benzene rings is 2. The molecule has 0 unspecified atom stereocenters. The van der Waals surface area contributed by atoms with Crippen LogP contribution >= 0.6 is 0 Å². The highest BCUT2D eigenvalue weighted by atomic mass is 19.1. The van der Waals surface area contributed by atoms with Crippen molar-refractivity contribution in [3.8, 4) is 0 Å². The molecule has 5 rings (SSSR count). The van der Waals surface area contributed by atoms with Gasteiger partial charge in [0.15, 0.2) is 5.82 Å². The minimum absolute atomic E-state index is 0.312. The molecule has 214 valence electrons. The molecule has 1 N–H and O–H groups in total. The van der Waals surface area contributed by atoms with Crippen molar-refractivity contribution < 1.29 is 18.8 Å². The van der Waals surface area contributed by atoms with Crippen molar-refractivity contribution in [3.05, 3.63) is 52.8 Å². The first-order valence-electron chi connectivity index (χ1n) is 14.8. The molecule has 9 heteroatoms. The van der Waals surface area contributed by atoms with Gasteiger partial charge in [-0.25, -0.2) is 4.39 Å². The summed E-state index contributed by atoms with van der Waals surface area (Å²) >= 11 is 0. The Bertz CT molecular complexity index is 1360. The lowest BCUT2D eigenvalue weighted by molar-refractivity contribution is 0.0878. The van der Waals surface area contributed by atoms with Crippen molar-refractivity contribution in [3.63, 3.8) is 0 Å². The number of anilines is 2. The lowest BCUT2D eigenvalue weighted by atomic mass is 9.97. The van der Waals surface area contributed by atoms with E-state index in [1.165, 1.54) is 55.5 Å². The Balaban J connectivity index is 1.23. The van der Waals surface area contributed by atoms with E-state index in [9.17, 15) is 14.0 Å². The fraction of sp³-hybridized carbons (Fsp3) is 0.516. The molecule has 0 saturated carbocycles. The van der Waals surface area contributed by atoms with Crippen LogP contribution in [0.1, 0.15) is 91.5 Å². The third kappa shape index (κ3) is 5.78. The number of piperazine rings is 1. The lowest BCUT2D eigenvalue weighted by Crippen LogP contribution is -2.47. The number of carbonyl (C=O) groups excluding carboxylic acids is 2. The average Bonchev–Trinajstić information content (AvgIpc) is 3.47. The van der Waals surface area contributed by atoms with Crippen molar-refractivity contribution in [2.45, 2.75) is 71.6 Å². The third-order valence-electron chi connectivity index (χ3n) is 8.06. The second-order valence-electron chi connectivity index (χ2n) is 10.8. The number of hydrogen-bond acceptors (Lipinski definition) is 6. The quantitative estimate of drug-likeness (QED) is 0.224. The molecule has 8 nitrogen and oxygen atoms in total. The van der Waals surface area contributed by atoms with Crippen LogP contribution in [0.15, 0.2) is 30.3 Å².